The third kappa shape index (κ3) is 3.57. The van der Waals surface area contributed by atoms with Gasteiger partial charge in [-0.05, 0) is 36.3 Å². The van der Waals surface area contributed by atoms with Crippen molar-refractivity contribution < 1.29 is 4.79 Å². The van der Waals surface area contributed by atoms with E-state index in [0.29, 0.717) is 11.0 Å². The Morgan fingerprint density at radius 2 is 1.90 bits per heavy atom. The second kappa shape index (κ2) is 5.92. The lowest BCUT2D eigenvalue weighted by molar-refractivity contribution is -0.110. The molecule has 0 atom stereocenters. The van der Waals surface area contributed by atoms with E-state index >= 15 is 0 Å². The van der Waals surface area contributed by atoms with Gasteiger partial charge in [-0.3, -0.25) is 4.79 Å². The molecule has 1 aromatic carbocycles. The lowest BCUT2D eigenvalue weighted by Crippen LogP contribution is -2.44. The highest BCUT2D eigenvalue weighted by Crippen LogP contribution is 2.29. The highest BCUT2D eigenvalue weighted by atomic mass is 32.1. The zero-order valence-corrected chi connectivity index (χ0v) is 13.1. The number of rotatable bonds is 2. The number of thiocarbonyl (C=S) groups is 1. The smallest absolute Gasteiger partial charge is 0.283 e. The van der Waals surface area contributed by atoms with E-state index in [1.807, 2.05) is 24.3 Å². The van der Waals surface area contributed by atoms with E-state index in [-0.39, 0.29) is 11.3 Å². The molecule has 2 rings (SSSR count). The van der Waals surface area contributed by atoms with E-state index in [9.17, 15) is 4.79 Å². The number of amides is 1. The fraction of sp³-hybridized carbons (Fsp3) is 0.500. The number of carbonyl (C=O) groups is 1. The molecule has 0 radical (unpaired) electrons. The van der Waals surface area contributed by atoms with Crippen LogP contribution in [0.1, 0.15) is 45.6 Å². The molecule has 4 heteroatoms. The van der Waals surface area contributed by atoms with Gasteiger partial charge in [-0.2, -0.15) is 0 Å². The molecule has 108 valence electrons. The summed E-state index contributed by atoms with van der Waals surface area (Å²) in [6.45, 7) is 6.38. The van der Waals surface area contributed by atoms with Crippen molar-refractivity contribution in [3.63, 3.8) is 0 Å². The van der Waals surface area contributed by atoms with Gasteiger partial charge in [-0.1, -0.05) is 51.2 Å². The second-order valence-electron chi connectivity index (χ2n) is 6.35. The van der Waals surface area contributed by atoms with Crippen LogP contribution in [-0.4, -0.2) is 16.9 Å². The lowest BCUT2D eigenvalue weighted by Gasteiger charge is -2.27. The summed E-state index contributed by atoms with van der Waals surface area (Å²) < 4.78 is 0. The van der Waals surface area contributed by atoms with Crippen molar-refractivity contribution in [2.24, 2.45) is 0 Å². The molecule has 1 aliphatic rings. The quantitative estimate of drug-likeness (QED) is 0.820. The van der Waals surface area contributed by atoms with Gasteiger partial charge in [0.2, 0.25) is 0 Å². The first kappa shape index (κ1) is 15.0. The van der Waals surface area contributed by atoms with Crippen molar-refractivity contribution in [1.82, 2.24) is 5.32 Å². The summed E-state index contributed by atoms with van der Waals surface area (Å²) in [5.74, 6) is -0.219. The first-order valence-corrected chi connectivity index (χ1v) is 7.50. The van der Waals surface area contributed by atoms with Crippen molar-refractivity contribution >= 4 is 28.8 Å². The summed E-state index contributed by atoms with van der Waals surface area (Å²) in [6.07, 6.45) is 3.42. The van der Waals surface area contributed by atoms with Gasteiger partial charge in [-0.15, -0.1) is 0 Å². The van der Waals surface area contributed by atoms with Gasteiger partial charge in [-0.25, -0.2) is 0 Å². The topological polar surface area (TPSA) is 41.1 Å². The Labute approximate surface area is 126 Å². The van der Waals surface area contributed by atoms with Crippen LogP contribution in [0, 0.1) is 0 Å². The molecular weight excluding hydrogens is 268 g/mol. The highest BCUT2D eigenvalue weighted by Gasteiger charge is 2.22. The van der Waals surface area contributed by atoms with Crippen molar-refractivity contribution in [3.05, 3.63) is 29.8 Å². The summed E-state index contributed by atoms with van der Waals surface area (Å²) >= 11 is 5.17. The van der Waals surface area contributed by atoms with Crippen molar-refractivity contribution in [1.29, 1.82) is 0 Å². The van der Waals surface area contributed by atoms with Gasteiger partial charge in [0, 0.05) is 11.7 Å². The van der Waals surface area contributed by atoms with Crippen LogP contribution in [-0.2, 0) is 10.2 Å². The SMILES string of the molecule is CC(C)(C)c1ccccc1NC(=O)C(=S)NC1CCC1. The minimum absolute atomic E-state index is 0.0209. The van der Waals surface area contributed by atoms with Crippen LogP contribution in [0.15, 0.2) is 24.3 Å². The number of hydrogen-bond acceptors (Lipinski definition) is 2. The number of hydrogen-bond donors (Lipinski definition) is 2. The molecule has 1 saturated carbocycles. The van der Waals surface area contributed by atoms with Crippen LogP contribution in [0.2, 0.25) is 0 Å². The fourth-order valence-corrected chi connectivity index (χ4v) is 2.45. The van der Waals surface area contributed by atoms with Crippen molar-refractivity contribution in [2.45, 2.75) is 51.5 Å². The monoisotopic (exact) mass is 290 g/mol. The molecular formula is C16H22N2OS. The van der Waals surface area contributed by atoms with Crippen LogP contribution in [0.5, 0.6) is 0 Å². The molecule has 0 aliphatic heterocycles. The molecule has 1 aromatic rings. The van der Waals surface area contributed by atoms with Crippen LogP contribution < -0.4 is 10.6 Å². The van der Waals surface area contributed by atoms with Crippen LogP contribution >= 0.6 is 12.2 Å². The Morgan fingerprint density at radius 3 is 2.45 bits per heavy atom. The molecule has 0 spiro atoms. The maximum absolute atomic E-state index is 12.2. The number of carbonyl (C=O) groups excluding carboxylic acids is 1. The van der Waals surface area contributed by atoms with Gasteiger partial charge in [0.25, 0.3) is 5.91 Å². The normalized spacial score (nSPS) is 15.3. The summed E-state index contributed by atoms with van der Waals surface area (Å²) in [6, 6.07) is 8.25. The minimum atomic E-state index is -0.219. The minimum Gasteiger partial charge on any atom is -0.369 e. The van der Waals surface area contributed by atoms with Gasteiger partial charge >= 0.3 is 0 Å². The fourth-order valence-electron chi connectivity index (χ4n) is 2.23. The lowest BCUT2D eigenvalue weighted by atomic mass is 9.86. The maximum Gasteiger partial charge on any atom is 0.283 e. The van der Waals surface area contributed by atoms with Crippen LogP contribution in [0.25, 0.3) is 0 Å². The molecule has 1 amide bonds. The van der Waals surface area contributed by atoms with E-state index in [0.717, 1.165) is 24.1 Å². The van der Waals surface area contributed by atoms with Gasteiger partial charge in [0.15, 0.2) is 4.99 Å². The van der Waals surface area contributed by atoms with Gasteiger partial charge < -0.3 is 10.6 Å². The number of benzene rings is 1. The number of anilines is 1. The Morgan fingerprint density at radius 1 is 1.25 bits per heavy atom. The molecule has 1 fully saturated rings. The van der Waals surface area contributed by atoms with Gasteiger partial charge in [0.1, 0.15) is 0 Å². The van der Waals surface area contributed by atoms with E-state index in [2.05, 4.69) is 31.4 Å². The highest BCUT2D eigenvalue weighted by molar-refractivity contribution is 7.82. The summed E-state index contributed by atoms with van der Waals surface area (Å²) in [5, 5.41) is 6.04. The van der Waals surface area contributed by atoms with Crippen molar-refractivity contribution in [3.8, 4) is 0 Å². The summed E-state index contributed by atoms with van der Waals surface area (Å²) in [5.41, 5.74) is 1.93. The first-order valence-electron chi connectivity index (χ1n) is 7.09. The standard InChI is InChI=1S/C16H22N2OS/c1-16(2,3)12-9-4-5-10-13(12)18-14(19)15(20)17-11-7-6-8-11/h4-5,9-11H,6-8H2,1-3H3,(H,17,20)(H,18,19). The Bertz CT molecular complexity index is 515. The molecule has 20 heavy (non-hydrogen) atoms. The predicted molar refractivity (Wildman–Crippen MR) is 87.1 cm³/mol. The first-order chi connectivity index (χ1) is 9.38. The van der Waals surface area contributed by atoms with E-state index in [4.69, 9.17) is 12.2 Å². The number of nitrogens with one attached hydrogen (secondary N) is 2. The average Bonchev–Trinajstić information content (AvgIpc) is 2.32. The third-order valence-corrected chi connectivity index (χ3v) is 3.93. The van der Waals surface area contributed by atoms with Crippen LogP contribution in [0.4, 0.5) is 5.69 Å². The van der Waals surface area contributed by atoms with E-state index in [1.165, 1.54) is 6.42 Å². The van der Waals surface area contributed by atoms with Crippen molar-refractivity contribution in [2.75, 3.05) is 5.32 Å². The van der Waals surface area contributed by atoms with E-state index in [1.54, 1.807) is 0 Å². The molecule has 0 unspecified atom stereocenters. The second-order valence-corrected chi connectivity index (χ2v) is 6.76. The van der Waals surface area contributed by atoms with E-state index < -0.39 is 0 Å². The molecule has 1 aliphatic carbocycles. The predicted octanol–water partition coefficient (Wildman–Crippen LogP) is 3.39. The molecule has 2 N–H and O–H groups in total. The molecule has 0 heterocycles. The summed E-state index contributed by atoms with van der Waals surface area (Å²) in [7, 11) is 0. The third-order valence-electron chi connectivity index (χ3n) is 3.63. The molecule has 0 saturated heterocycles. The zero-order valence-electron chi connectivity index (χ0n) is 12.3. The largest absolute Gasteiger partial charge is 0.369 e. The average molecular weight is 290 g/mol. The number of para-hydroxylation sites is 1. The molecule has 3 nitrogen and oxygen atoms in total. The molecule has 0 bridgehead atoms. The zero-order chi connectivity index (χ0) is 14.8. The maximum atomic E-state index is 12.2. The van der Waals surface area contributed by atoms with Gasteiger partial charge in [0.05, 0.1) is 0 Å². The Kier molecular flexibility index (Phi) is 4.43. The summed E-state index contributed by atoms with van der Waals surface area (Å²) in [4.78, 5) is 12.4. The molecule has 0 aromatic heterocycles. The Hall–Kier alpha value is -1.42. The van der Waals surface area contributed by atoms with Crippen LogP contribution in [0.3, 0.4) is 0 Å². The Balaban J connectivity index is 2.05.